The van der Waals surface area contributed by atoms with E-state index in [1.54, 1.807) is 34.1 Å². The van der Waals surface area contributed by atoms with Crippen LogP contribution in [0.2, 0.25) is 5.15 Å². The molecule has 2 aromatic heterocycles. The molecule has 0 spiro atoms. The van der Waals surface area contributed by atoms with Crippen LogP contribution in [-0.2, 0) is 34.8 Å². The summed E-state index contributed by atoms with van der Waals surface area (Å²) in [5.41, 5.74) is 3.04. The van der Waals surface area contributed by atoms with Crippen molar-refractivity contribution < 1.29 is 46.1 Å². The van der Waals surface area contributed by atoms with Crippen molar-refractivity contribution in [2.75, 3.05) is 80.3 Å². The Hall–Kier alpha value is -6.33. The molecule has 0 unspecified atom stereocenters. The van der Waals surface area contributed by atoms with E-state index in [9.17, 15) is 41.0 Å². The first-order valence-electron chi connectivity index (χ1n) is 23.3. The SMILES string of the molecule is N#Cc1ccc(CCNC(=O)[C@@H]2CCN2c2cc(Cl)nc(C(F)(F)F)n2)cc1.N#Cc1ccc(CCNC(=O)[C@@H]2CCN2c2cc(N3CCC(CO)CC3)nc(C(F)(F)F)n2)cc1.OCC1CCNCC1. The molecule has 4 aliphatic rings. The Morgan fingerprint density at radius 1 is 0.634 bits per heavy atom. The van der Waals surface area contributed by atoms with E-state index in [2.05, 4.69) is 42.0 Å². The van der Waals surface area contributed by atoms with Gasteiger partial charge in [-0.1, -0.05) is 35.9 Å². The number of rotatable bonds is 13. The molecule has 71 heavy (non-hydrogen) atoms. The van der Waals surface area contributed by atoms with E-state index < -0.39 is 36.1 Å². The molecule has 8 rings (SSSR count). The van der Waals surface area contributed by atoms with Gasteiger partial charge in [-0.25, -0.2) is 19.9 Å². The third-order valence-corrected chi connectivity index (χ3v) is 12.8. The summed E-state index contributed by atoms with van der Waals surface area (Å²) in [6.45, 7) is 5.18. The first-order valence-corrected chi connectivity index (χ1v) is 23.7. The summed E-state index contributed by atoms with van der Waals surface area (Å²) in [5, 5.41) is 44.2. The molecule has 0 radical (unpaired) electrons. The van der Waals surface area contributed by atoms with Gasteiger partial charge in [0.05, 0.1) is 23.3 Å². The van der Waals surface area contributed by atoms with Gasteiger partial charge >= 0.3 is 12.4 Å². The Bertz CT molecular complexity index is 2480. The van der Waals surface area contributed by atoms with Crippen molar-refractivity contribution in [3.8, 4) is 12.1 Å². The van der Waals surface area contributed by atoms with Crippen LogP contribution in [0.3, 0.4) is 0 Å². The highest BCUT2D eigenvalue weighted by atomic mass is 35.5. The van der Waals surface area contributed by atoms with Crippen molar-refractivity contribution in [1.29, 1.82) is 10.5 Å². The summed E-state index contributed by atoms with van der Waals surface area (Å²) in [7, 11) is 0. The molecule has 380 valence electrons. The highest BCUT2D eigenvalue weighted by Gasteiger charge is 2.41. The number of piperidine rings is 2. The van der Waals surface area contributed by atoms with Crippen LogP contribution < -0.4 is 30.7 Å². The number of carbonyl (C=O) groups is 2. The summed E-state index contributed by atoms with van der Waals surface area (Å²) in [6, 6.07) is 19.7. The quantitative estimate of drug-likeness (QED) is 0.0832. The maximum atomic E-state index is 13.6. The average Bonchev–Trinajstić information content (AvgIpc) is 3.33. The third-order valence-electron chi connectivity index (χ3n) is 12.6. The second kappa shape index (κ2) is 25.2. The molecule has 4 fully saturated rings. The number of carbonyl (C=O) groups excluding carboxylic acids is 2. The Morgan fingerprint density at radius 3 is 1.45 bits per heavy atom. The summed E-state index contributed by atoms with van der Waals surface area (Å²) < 4.78 is 79.3. The molecular weight excluding hydrogens is 958 g/mol. The number of aliphatic hydroxyl groups is 2. The van der Waals surface area contributed by atoms with Crippen LogP contribution in [-0.4, -0.2) is 120 Å². The van der Waals surface area contributed by atoms with Crippen molar-refractivity contribution in [1.82, 2.24) is 35.9 Å². The highest BCUT2D eigenvalue weighted by Crippen LogP contribution is 2.35. The lowest BCUT2D eigenvalue weighted by molar-refractivity contribution is -0.145. The molecule has 4 aliphatic heterocycles. The maximum Gasteiger partial charge on any atom is 0.451 e. The summed E-state index contributed by atoms with van der Waals surface area (Å²) in [6.07, 6.45) is -3.62. The molecule has 23 heteroatoms. The van der Waals surface area contributed by atoms with Crippen molar-refractivity contribution >= 4 is 40.9 Å². The number of benzene rings is 2. The predicted octanol–water partition coefficient (Wildman–Crippen LogP) is 5.45. The van der Waals surface area contributed by atoms with Gasteiger partial charge in [-0.3, -0.25) is 9.59 Å². The van der Waals surface area contributed by atoms with E-state index >= 15 is 0 Å². The van der Waals surface area contributed by atoms with E-state index in [0.29, 0.717) is 101 Å². The number of hydrogen-bond donors (Lipinski definition) is 5. The van der Waals surface area contributed by atoms with Crippen LogP contribution >= 0.6 is 11.6 Å². The summed E-state index contributed by atoms with van der Waals surface area (Å²) >= 11 is 5.68. The molecule has 2 atom stereocenters. The molecule has 2 aromatic carbocycles. The predicted molar refractivity (Wildman–Crippen MR) is 251 cm³/mol. The number of hydrogen-bond acceptors (Lipinski definition) is 14. The van der Waals surface area contributed by atoms with Gasteiger partial charge in [0, 0.05) is 64.6 Å². The minimum atomic E-state index is -4.72. The van der Waals surface area contributed by atoms with Gasteiger partial charge in [0.1, 0.15) is 34.7 Å². The molecule has 2 amide bonds. The normalized spacial score (nSPS) is 18.3. The van der Waals surface area contributed by atoms with Gasteiger partial charge in [-0.15, -0.1) is 0 Å². The summed E-state index contributed by atoms with van der Waals surface area (Å²) in [5.74, 6) is -2.13. The van der Waals surface area contributed by atoms with Crippen molar-refractivity contribution in [3.05, 3.63) is 99.7 Å². The molecule has 16 nitrogen and oxygen atoms in total. The molecule has 4 saturated heterocycles. The number of anilines is 3. The fourth-order valence-corrected chi connectivity index (χ4v) is 8.38. The largest absolute Gasteiger partial charge is 0.451 e. The highest BCUT2D eigenvalue weighted by molar-refractivity contribution is 6.29. The van der Waals surface area contributed by atoms with Gasteiger partial charge < -0.3 is 40.9 Å². The monoisotopic (exact) mass is 1010 g/mol. The van der Waals surface area contributed by atoms with Gasteiger partial charge in [0.25, 0.3) is 0 Å². The lowest BCUT2D eigenvalue weighted by Gasteiger charge is -2.41. The van der Waals surface area contributed by atoms with E-state index in [0.717, 1.165) is 37.1 Å². The molecule has 0 bridgehead atoms. The number of amides is 2. The molecule has 5 N–H and O–H groups in total. The van der Waals surface area contributed by atoms with Crippen molar-refractivity contribution in [3.63, 3.8) is 0 Å². The van der Waals surface area contributed by atoms with Crippen LogP contribution in [0.5, 0.6) is 0 Å². The van der Waals surface area contributed by atoms with Crippen LogP contribution in [0.1, 0.15) is 72.4 Å². The molecule has 6 heterocycles. The molecule has 0 aliphatic carbocycles. The van der Waals surface area contributed by atoms with Crippen LogP contribution in [0.25, 0.3) is 0 Å². The fraction of sp³-hybridized carbons (Fsp3) is 0.500. The van der Waals surface area contributed by atoms with E-state index in [1.807, 2.05) is 30.3 Å². The fourth-order valence-electron chi connectivity index (χ4n) is 8.20. The number of halogens is 7. The lowest BCUT2D eigenvalue weighted by atomic mass is 9.98. The number of nitrogens with zero attached hydrogens (tertiary/aromatic N) is 9. The number of nitriles is 2. The minimum absolute atomic E-state index is 0.0224. The van der Waals surface area contributed by atoms with E-state index in [4.69, 9.17) is 27.2 Å². The molecular formula is C48H55ClF6N12O4. The Balaban J connectivity index is 0.000000204. The Morgan fingerprint density at radius 2 is 1.06 bits per heavy atom. The molecule has 4 aromatic rings. The second-order valence-electron chi connectivity index (χ2n) is 17.5. The molecule has 0 saturated carbocycles. The first-order chi connectivity index (χ1) is 34.0. The van der Waals surface area contributed by atoms with Crippen molar-refractivity contribution in [2.45, 2.75) is 75.8 Å². The van der Waals surface area contributed by atoms with Gasteiger partial charge in [0.2, 0.25) is 23.5 Å². The summed E-state index contributed by atoms with van der Waals surface area (Å²) in [4.78, 5) is 44.2. The maximum absolute atomic E-state index is 13.6. The smallest absolute Gasteiger partial charge is 0.396 e. The van der Waals surface area contributed by atoms with E-state index in [1.165, 1.54) is 17.0 Å². The first kappa shape index (κ1) is 54.0. The Kier molecular flexibility index (Phi) is 19.1. The van der Waals surface area contributed by atoms with Crippen LogP contribution in [0, 0.1) is 34.5 Å². The third kappa shape index (κ3) is 15.3. The van der Waals surface area contributed by atoms with Crippen LogP contribution in [0.15, 0.2) is 60.7 Å². The van der Waals surface area contributed by atoms with E-state index in [-0.39, 0.29) is 46.9 Å². The zero-order valence-corrected chi connectivity index (χ0v) is 39.4. The lowest BCUT2D eigenvalue weighted by Crippen LogP contribution is -2.57. The standard InChI is InChI=1S/C24H27F3N6O2.C18H15ClF3N5O.C6H13NO/c25-24(26,27)23-30-20(32-10-6-18(15-34)7-11-32)13-21(31-23)33-12-8-19(33)22(35)29-9-5-16-1-3-17(14-28)4-2-16;19-14-9-15(26-17(25-14)18(20,21)22)27-8-6-13(27)16(28)24-7-5-11-1-3-12(10-23)4-2-11;8-5-6-1-3-7-4-2-6/h1-4,13,18-19,34H,5-12,15H2,(H,29,35);1-4,9,13H,5-8H2,(H,24,28);6-8H,1-5H2/t19-;13-;/m00./s1. The Labute approximate surface area is 412 Å². The van der Waals surface area contributed by atoms with Gasteiger partial charge in [-0.05, 0) is 112 Å². The minimum Gasteiger partial charge on any atom is -0.396 e. The number of nitrogens with one attached hydrogen (secondary N) is 3. The number of aliphatic hydroxyl groups excluding tert-OH is 2. The van der Waals surface area contributed by atoms with Crippen LogP contribution in [0.4, 0.5) is 43.8 Å². The van der Waals surface area contributed by atoms with Crippen molar-refractivity contribution in [2.24, 2.45) is 11.8 Å². The average molecular weight is 1010 g/mol. The number of alkyl halides is 6. The topological polar surface area (TPSA) is 220 Å². The van der Waals surface area contributed by atoms with Gasteiger partial charge in [-0.2, -0.15) is 36.9 Å². The second-order valence-corrected chi connectivity index (χ2v) is 17.8. The van der Waals surface area contributed by atoms with Gasteiger partial charge in [0.15, 0.2) is 0 Å². The zero-order valence-electron chi connectivity index (χ0n) is 38.7. The zero-order chi connectivity index (χ0) is 51.1. The number of aromatic nitrogens is 4.